The monoisotopic (exact) mass is 254 g/mol. The van der Waals surface area contributed by atoms with Crippen LogP contribution in [0.3, 0.4) is 0 Å². The molecule has 1 atom stereocenters. The number of rotatable bonds is 2. The zero-order chi connectivity index (χ0) is 13.1. The number of amidine groups is 1. The first-order chi connectivity index (χ1) is 7.79. The Morgan fingerprint density at radius 1 is 1.59 bits per heavy atom. The summed E-state index contributed by atoms with van der Waals surface area (Å²) in [6.45, 7) is -1.08. The molecule has 1 rings (SSSR count). The first-order valence-corrected chi connectivity index (χ1v) is 4.84. The van der Waals surface area contributed by atoms with E-state index in [2.05, 4.69) is 0 Å². The molecule has 0 bridgehead atoms. The Morgan fingerprint density at radius 2 is 2.24 bits per heavy atom. The molecule has 1 saturated heterocycles. The van der Waals surface area contributed by atoms with E-state index in [1.165, 1.54) is 0 Å². The molecule has 9 heteroatoms. The number of amides is 2. The van der Waals surface area contributed by atoms with Gasteiger partial charge in [-0.1, -0.05) is 0 Å². The topological polar surface area (TPSA) is 91.4 Å². The van der Waals surface area contributed by atoms with E-state index in [-0.39, 0.29) is 25.5 Å². The van der Waals surface area contributed by atoms with E-state index in [1.54, 1.807) is 5.32 Å². The molecule has 2 amide bonds. The predicted molar refractivity (Wildman–Crippen MR) is 52.7 cm³/mol. The molecular weight excluding hydrogens is 241 g/mol. The summed E-state index contributed by atoms with van der Waals surface area (Å²) in [5.74, 6) is -0.252. The van der Waals surface area contributed by atoms with Gasteiger partial charge in [-0.2, -0.15) is 13.2 Å². The van der Waals surface area contributed by atoms with Crippen molar-refractivity contribution in [2.75, 3.05) is 26.2 Å². The Hall–Kier alpha value is -1.51. The molecule has 4 N–H and O–H groups in total. The first kappa shape index (κ1) is 13.6. The summed E-state index contributed by atoms with van der Waals surface area (Å²) in [5, 5.41) is 8.88. The Labute approximate surface area is 95.4 Å². The number of nitrogens with one attached hydrogen (secondary N) is 2. The van der Waals surface area contributed by atoms with Gasteiger partial charge in [0.15, 0.2) is 0 Å². The van der Waals surface area contributed by atoms with E-state index in [9.17, 15) is 18.0 Å². The fraction of sp³-hybridized carbons (Fsp3) is 0.750. The lowest BCUT2D eigenvalue weighted by Gasteiger charge is -2.32. The Morgan fingerprint density at radius 3 is 2.76 bits per heavy atom. The van der Waals surface area contributed by atoms with E-state index in [0.29, 0.717) is 0 Å². The first-order valence-electron chi connectivity index (χ1n) is 4.84. The largest absolute Gasteiger partial charge is 0.405 e. The third-order valence-electron chi connectivity index (χ3n) is 2.14. The van der Waals surface area contributed by atoms with Crippen LogP contribution in [0, 0.1) is 5.41 Å². The molecule has 1 unspecified atom stereocenters. The smallest absolute Gasteiger partial charge is 0.385 e. The molecule has 0 aromatic heterocycles. The summed E-state index contributed by atoms with van der Waals surface area (Å²) < 4.78 is 40.7. The van der Waals surface area contributed by atoms with E-state index < -0.39 is 24.9 Å². The van der Waals surface area contributed by atoms with Crippen molar-refractivity contribution in [2.24, 2.45) is 5.73 Å². The van der Waals surface area contributed by atoms with Crippen molar-refractivity contribution in [3.8, 4) is 0 Å². The van der Waals surface area contributed by atoms with Gasteiger partial charge in [-0.05, 0) is 0 Å². The maximum atomic E-state index is 11.9. The van der Waals surface area contributed by atoms with E-state index in [0.717, 1.165) is 4.90 Å². The number of morpholine rings is 1. The quantitative estimate of drug-likeness (QED) is 0.474. The highest BCUT2D eigenvalue weighted by Gasteiger charge is 2.31. The van der Waals surface area contributed by atoms with Crippen LogP contribution >= 0.6 is 0 Å². The van der Waals surface area contributed by atoms with Gasteiger partial charge in [-0.3, -0.25) is 5.41 Å². The molecule has 0 aliphatic carbocycles. The summed E-state index contributed by atoms with van der Waals surface area (Å²) in [6.07, 6.45) is -5.19. The molecule has 0 radical (unpaired) electrons. The fourth-order valence-electron chi connectivity index (χ4n) is 1.31. The second-order valence-corrected chi connectivity index (χ2v) is 3.53. The number of urea groups is 1. The molecule has 1 aliphatic rings. The minimum absolute atomic E-state index is 0.0149. The standard InChI is InChI=1S/C8H13F3N4O2/c9-8(10,11)4-14-7(16)15-1-2-17-5(3-15)6(12)13/h5H,1-4H2,(H3,12,13)(H,14,16). The summed E-state index contributed by atoms with van der Waals surface area (Å²) in [6, 6.07) is -0.836. The van der Waals surface area contributed by atoms with Crippen molar-refractivity contribution in [2.45, 2.75) is 12.3 Å². The van der Waals surface area contributed by atoms with Crippen molar-refractivity contribution in [3.05, 3.63) is 0 Å². The van der Waals surface area contributed by atoms with Crippen molar-refractivity contribution >= 4 is 11.9 Å². The highest BCUT2D eigenvalue weighted by molar-refractivity contribution is 5.83. The molecule has 1 aliphatic heterocycles. The molecule has 0 saturated carbocycles. The van der Waals surface area contributed by atoms with Crippen LogP contribution in [0.25, 0.3) is 0 Å². The minimum atomic E-state index is -4.44. The molecule has 17 heavy (non-hydrogen) atoms. The maximum Gasteiger partial charge on any atom is 0.405 e. The number of alkyl halides is 3. The predicted octanol–water partition coefficient (Wildman–Crippen LogP) is -0.105. The van der Waals surface area contributed by atoms with Crippen LogP contribution in [0.15, 0.2) is 0 Å². The van der Waals surface area contributed by atoms with Gasteiger partial charge in [0.05, 0.1) is 13.2 Å². The van der Waals surface area contributed by atoms with E-state index in [1.807, 2.05) is 0 Å². The van der Waals surface area contributed by atoms with Gasteiger partial charge in [0.2, 0.25) is 0 Å². The zero-order valence-electron chi connectivity index (χ0n) is 8.88. The Bertz CT molecular complexity index is 308. The molecule has 6 nitrogen and oxygen atoms in total. The lowest BCUT2D eigenvalue weighted by atomic mass is 10.2. The normalized spacial score (nSPS) is 21.1. The number of nitrogens with two attached hydrogens (primary N) is 1. The SMILES string of the molecule is N=C(N)C1CN(C(=O)NCC(F)(F)F)CCO1. The summed E-state index contributed by atoms with van der Waals surface area (Å²) in [7, 11) is 0. The molecule has 98 valence electrons. The Balaban J connectivity index is 2.44. The van der Waals surface area contributed by atoms with Gasteiger partial charge in [0, 0.05) is 6.54 Å². The third kappa shape index (κ3) is 4.47. The van der Waals surface area contributed by atoms with Gasteiger partial charge in [0.1, 0.15) is 18.5 Å². The average molecular weight is 254 g/mol. The third-order valence-corrected chi connectivity index (χ3v) is 2.14. The van der Waals surface area contributed by atoms with Gasteiger partial charge >= 0.3 is 12.2 Å². The van der Waals surface area contributed by atoms with Crippen molar-refractivity contribution in [1.29, 1.82) is 5.41 Å². The van der Waals surface area contributed by atoms with Crippen molar-refractivity contribution < 1.29 is 22.7 Å². The van der Waals surface area contributed by atoms with Crippen LogP contribution in [0.5, 0.6) is 0 Å². The van der Waals surface area contributed by atoms with Crippen molar-refractivity contribution in [1.82, 2.24) is 10.2 Å². The average Bonchev–Trinajstić information content (AvgIpc) is 2.25. The van der Waals surface area contributed by atoms with Crippen LogP contribution in [0.4, 0.5) is 18.0 Å². The van der Waals surface area contributed by atoms with Crippen LogP contribution in [-0.4, -0.2) is 55.3 Å². The van der Waals surface area contributed by atoms with Gasteiger partial charge in [-0.25, -0.2) is 4.79 Å². The van der Waals surface area contributed by atoms with Crippen LogP contribution in [-0.2, 0) is 4.74 Å². The molecule has 1 fully saturated rings. The Kier molecular flexibility index (Phi) is 4.16. The molecule has 0 aromatic rings. The number of nitrogens with zero attached hydrogens (tertiary/aromatic N) is 1. The molecule has 0 spiro atoms. The number of hydrogen-bond acceptors (Lipinski definition) is 3. The molecule has 1 heterocycles. The maximum absolute atomic E-state index is 11.9. The highest BCUT2D eigenvalue weighted by atomic mass is 19.4. The van der Waals surface area contributed by atoms with Gasteiger partial charge in [-0.15, -0.1) is 0 Å². The van der Waals surface area contributed by atoms with Crippen LogP contribution in [0.2, 0.25) is 0 Å². The number of halogens is 3. The number of ether oxygens (including phenoxy) is 1. The lowest BCUT2D eigenvalue weighted by molar-refractivity contribution is -0.123. The number of hydrogen-bond donors (Lipinski definition) is 3. The molecular formula is C8H13F3N4O2. The fourth-order valence-corrected chi connectivity index (χ4v) is 1.31. The number of carbonyl (C=O) groups is 1. The van der Waals surface area contributed by atoms with Crippen molar-refractivity contribution in [3.63, 3.8) is 0 Å². The van der Waals surface area contributed by atoms with E-state index in [4.69, 9.17) is 15.9 Å². The molecule has 0 aromatic carbocycles. The lowest BCUT2D eigenvalue weighted by Crippen LogP contribution is -2.53. The van der Waals surface area contributed by atoms with Crippen LogP contribution < -0.4 is 11.1 Å². The second-order valence-electron chi connectivity index (χ2n) is 3.53. The zero-order valence-corrected chi connectivity index (χ0v) is 8.88. The number of carbonyl (C=O) groups excluding carboxylic acids is 1. The van der Waals surface area contributed by atoms with Crippen LogP contribution in [0.1, 0.15) is 0 Å². The van der Waals surface area contributed by atoms with Gasteiger partial charge < -0.3 is 20.7 Å². The second kappa shape index (κ2) is 5.21. The van der Waals surface area contributed by atoms with E-state index >= 15 is 0 Å². The summed E-state index contributed by atoms with van der Waals surface area (Å²) in [5.41, 5.74) is 5.19. The summed E-state index contributed by atoms with van der Waals surface area (Å²) in [4.78, 5) is 12.5. The van der Waals surface area contributed by atoms with Gasteiger partial charge in [0.25, 0.3) is 0 Å². The minimum Gasteiger partial charge on any atom is -0.385 e. The highest BCUT2D eigenvalue weighted by Crippen LogP contribution is 2.13. The summed E-state index contributed by atoms with van der Waals surface area (Å²) >= 11 is 0.